The molecule has 5 nitrogen and oxygen atoms in total. The molecule has 6 heteroatoms. The fourth-order valence-corrected chi connectivity index (χ4v) is 4.31. The number of halogens is 1. The molecule has 32 heavy (non-hydrogen) atoms. The second-order valence-electron chi connectivity index (χ2n) is 9.25. The molecule has 0 aromatic heterocycles. The monoisotopic (exact) mass is 460 g/mol. The van der Waals surface area contributed by atoms with Crippen molar-refractivity contribution in [1.29, 1.82) is 0 Å². The zero-order valence-corrected chi connectivity index (χ0v) is 21.1. The third-order valence-electron chi connectivity index (χ3n) is 5.93. The maximum Gasteiger partial charge on any atom is 0.338 e. The molecule has 0 spiro atoms. The van der Waals surface area contributed by atoms with Gasteiger partial charge in [-0.2, -0.15) is 0 Å². The van der Waals surface area contributed by atoms with Gasteiger partial charge in [-0.05, 0) is 83.9 Å². The summed E-state index contributed by atoms with van der Waals surface area (Å²) in [6.07, 6.45) is 2.93. The summed E-state index contributed by atoms with van der Waals surface area (Å²) in [7, 11) is 3.10. The smallest absolute Gasteiger partial charge is 0.338 e. The second kappa shape index (κ2) is 9.63. The predicted molar refractivity (Wildman–Crippen MR) is 127 cm³/mol. The number of carbonyl (C=O) groups is 2. The van der Waals surface area contributed by atoms with Crippen LogP contribution in [0.5, 0.6) is 5.75 Å². The van der Waals surface area contributed by atoms with Gasteiger partial charge in [0.05, 0.1) is 24.4 Å². The van der Waals surface area contributed by atoms with Crippen molar-refractivity contribution in [3.63, 3.8) is 0 Å². The van der Waals surface area contributed by atoms with Crippen LogP contribution in [0.2, 0.25) is 5.02 Å². The van der Waals surface area contributed by atoms with E-state index >= 15 is 0 Å². The molecule has 1 aliphatic rings. The Bertz CT molecular complexity index is 1010. The van der Waals surface area contributed by atoms with Gasteiger partial charge in [-0.3, -0.25) is 4.79 Å². The first-order chi connectivity index (χ1) is 14.8. The molecule has 0 saturated carbocycles. The molecule has 0 heterocycles. The van der Waals surface area contributed by atoms with Gasteiger partial charge in [-0.25, -0.2) is 4.79 Å². The van der Waals surface area contributed by atoms with E-state index in [2.05, 4.69) is 0 Å². The van der Waals surface area contributed by atoms with Crippen LogP contribution in [-0.4, -0.2) is 37.7 Å². The van der Waals surface area contributed by atoms with Crippen LogP contribution in [0.4, 0.5) is 0 Å². The molecule has 0 amide bonds. The third kappa shape index (κ3) is 5.16. The second-order valence-corrected chi connectivity index (χ2v) is 9.69. The average Bonchev–Trinajstić information content (AvgIpc) is 2.69. The quantitative estimate of drug-likeness (QED) is 0.291. The maximum absolute atomic E-state index is 13.0. The minimum Gasteiger partial charge on any atom is -0.496 e. The van der Waals surface area contributed by atoms with Gasteiger partial charge in [-0.1, -0.05) is 23.3 Å². The van der Waals surface area contributed by atoms with Crippen LogP contribution < -0.4 is 4.74 Å². The highest BCUT2D eigenvalue weighted by Crippen LogP contribution is 2.46. The van der Waals surface area contributed by atoms with Crippen molar-refractivity contribution in [2.24, 2.45) is 5.41 Å². The Balaban J connectivity index is 2.49. The van der Waals surface area contributed by atoms with E-state index in [9.17, 15) is 9.59 Å². The topological polar surface area (TPSA) is 61.8 Å². The molecule has 1 aliphatic carbocycles. The molecule has 0 N–H and O–H groups in total. The molecule has 1 aromatic rings. The third-order valence-corrected chi connectivity index (χ3v) is 6.16. The molecule has 1 aromatic carbocycles. The molecule has 2 unspecified atom stereocenters. The lowest BCUT2D eigenvalue weighted by Gasteiger charge is -2.42. The number of methoxy groups -OCH3 is 2. The molecule has 0 radical (unpaired) electrons. The Kier molecular flexibility index (Phi) is 7.79. The first kappa shape index (κ1) is 25.9. The minimum absolute atomic E-state index is 0.209. The summed E-state index contributed by atoms with van der Waals surface area (Å²) in [5.74, 6) is -0.169. The van der Waals surface area contributed by atoms with Gasteiger partial charge >= 0.3 is 5.97 Å². The van der Waals surface area contributed by atoms with Crippen LogP contribution in [0, 0.1) is 5.41 Å². The van der Waals surface area contributed by atoms with Gasteiger partial charge in [0.2, 0.25) is 0 Å². The van der Waals surface area contributed by atoms with Crippen molar-refractivity contribution < 1.29 is 23.8 Å². The van der Waals surface area contributed by atoms with E-state index in [4.69, 9.17) is 25.8 Å². The molecule has 2 atom stereocenters. The standard InChI is InChI=1S/C26H33ClO5/c1-15-17(3)26(7,13-12-20(28)19-11-10-18(27)14-21(19)30-8)23(31-9)16(2)22(15)24(29)32-25(4,5)6/h10-14,23H,1-9H3. The van der Waals surface area contributed by atoms with Gasteiger partial charge in [0.15, 0.2) is 5.78 Å². The normalized spacial score (nSPS) is 21.9. The van der Waals surface area contributed by atoms with Crippen molar-refractivity contribution in [2.75, 3.05) is 14.2 Å². The first-order valence-electron chi connectivity index (χ1n) is 10.5. The Morgan fingerprint density at radius 2 is 1.75 bits per heavy atom. The Morgan fingerprint density at radius 3 is 2.28 bits per heavy atom. The highest BCUT2D eigenvalue weighted by atomic mass is 35.5. The number of hydrogen-bond acceptors (Lipinski definition) is 5. The molecule has 0 bridgehead atoms. The summed E-state index contributed by atoms with van der Waals surface area (Å²) >= 11 is 6.01. The summed E-state index contributed by atoms with van der Waals surface area (Å²) in [6.45, 7) is 13.3. The average molecular weight is 461 g/mol. The van der Waals surface area contributed by atoms with Crippen LogP contribution in [0.15, 0.2) is 52.6 Å². The zero-order chi connectivity index (χ0) is 24.4. The first-order valence-corrected chi connectivity index (χ1v) is 10.9. The Labute approximate surface area is 196 Å². The van der Waals surface area contributed by atoms with Crippen molar-refractivity contribution >= 4 is 23.4 Å². The van der Waals surface area contributed by atoms with Gasteiger partial charge < -0.3 is 14.2 Å². The molecule has 0 aliphatic heterocycles. The lowest BCUT2D eigenvalue weighted by atomic mass is 9.67. The van der Waals surface area contributed by atoms with Gasteiger partial charge in [0.25, 0.3) is 0 Å². The summed E-state index contributed by atoms with van der Waals surface area (Å²) in [4.78, 5) is 25.9. The Hall–Kier alpha value is -2.37. The summed E-state index contributed by atoms with van der Waals surface area (Å²) in [5, 5.41) is 0.492. The van der Waals surface area contributed by atoms with Gasteiger partial charge in [0, 0.05) is 17.5 Å². The zero-order valence-electron chi connectivity index (χ0n) is 20.4. The van der Waals surface area contributed by atoms with E-state index in [1.807, 2.05) is 54.5 Å². The number of ketones is 1. The van der Waals surface area contributed by atoms with Crippen LogP contribution in [-0.2, 0) is 14.3 Å². The fourth-order valence-electron chi connectivity index (χ4n) is 4.15. The van der Waals surface area contributed by atoms with Crippen molar-refractivity contribution in [3.05, 3.63) is 63.2 Å². The fraction of sp³-hybridized carbons (Fsp3) is 0.462. The number of carbonyl (C=O) groups excluding carboxylic acids is 2. The van der Waals surface area contributed by atoms with Crippen molar-refractivity contribution in [3.8, 4) is 5.75 Å². The number of allylic oxidation sites excluding steroid dienone is 1. The molecular formula is C26H33ClO5. The molecular weight excluding hydrogens is 428 g/mol. The SMILES string of the molecule is COc1cc(Cl)ccc1C(=O)C=CC1(C)C(C)=C(C)C(C(=O)OC(C)(C)C)=C(C)C1OC. The van der Waals surface area contributed by atoms with Crippen molar-refractivity contribution in [1.82, 2.24) is 0 Å². The van der Waals surface area contributed by atoms with Crippen LogP contribution in [0.1, 0.15) is 58.8 Å². The lowest BCUT2D eigenvalue weighted by molar-refractivity contribution is -0.149. The summed E-state index contributed by atoms with van der Waals surface area (Å²) in [5.41, 5.74) is 2.24. The largest absolute Gasteiger partial charge is 0.496 e. The molecule has 174 valence electrons. The minimum atomic E-state index is -0.635. The lowest BCUT2D eigenvalue weighted by Crippen LogP contribution is -2.40. The number of ether oxygens (including phenoxy) is 3. The molecule has 0 saturated heterocycles. The Morgan fingerprint density at radius 1 is 1.12 bits per heavy atom. The molecule has 0 fully saturated rings. The van der Waals surface area contributed by atoms with E-state index in [1.165, 1.54) is 13.2 Å². The molecule has 2 rings (SSSR count). The van der Waals surface area contributed by atoms with Crippen LogP contribution in [0.3, 0.4) is 0 Å². The maximum atomic E-state index is 13.0. The predicted octanol–water partition coefficient (Wildman–Crippen LogP) is 6.12. The van der Waals surface area contributed by atoms with Gasteiger partial charge in [0.1, 0.15) is 11.4 Å². The van der Waals surface area contributed by atoms with E-state index in [-0.39, 0.29) is 11.8 Å². The number of rotatable bonds is 6. The van der Waals surface area contributed by atoms with Crippen LogP contribution in [0.25, 0.3) is 0 Å². The van der Waals surface area contributed by atoms with E-state index in [1.54, 1.807) is 25.3 Å². The van der Waals surface area contributed by atoms with Crippen molar-refractivity contribution in [2.45, 2.75) is 60.2 Å². The van der Waals surface area contributed by atoms with E-state index in [0.717, 1.165) is 16.7 Å². The number of esters is 1. The van der Waals surface area contributed by atoms with E-state index < -0.39 is 17.1 Å². The highest BCUT2D eigenvalue weighted by molar-refractivity contribution is 6.31. The number of hydrogen-bond donors (Lipinski definition) is 0. The van der Waals surface area contributed by atoms with Gasteiger partial charge in [-0.15, -0.1) is 0 Å². The highest BCUT2D eigenvalue weighted by Gasteiger charge is 2.43. The van der Waals surface area contributed by atoms with E-state index in [0.29, 0.717) is 21.9 Å². The summed E-state index contributed by atoms with van der Waals surface area (Å²) < 4.78 is 16.8. The van der Waals surface area contributed by atoms with Crippen LogP contribution >= 0.6 is 11.6 Å². The number of benzene rings is 1. The summed E-state index contributed by atoms with van der Waals surface area (Å²) in [6, 6.07) is 4.91.